The monoisotopic (exact) mass is 314 g/mol. The number of rotatable bonds is 5. The van der Waals surface area contributed by atoms with Crippen LogP contribution in [0.1, 0.15) is 37.8 Å². The third-order valence-corrected chi connectivity index (χ3v) is 4.34. The van der Waals surface area contributed by atoms with Crippen LogP contribution in [-0.2, 0) is 4.79 Å². The standard InChI is InChI=1S/C15H20Cl2N2O/c1-2-7-18-10-15(20)19-8-3-4-14(19)11-5-6-12(16)13(17)9-11/h5-6,9,14,18H,2-4,7-8,10H2,1H3. The highest BCUT2D eigenvalue weighted by Gasteiger charge is 2.29. The molecule has 20 heavy (non-hydrogen) atoms. The van der Waals surface area contributed by atoms with Crippen molar-refractivity contribution >= 4 is 29.1 Å². The normalized spacial score (nSPS) is 18.6. The van der Waals surface area contributed by atoms with E-state index in [-0.39, 0.29) is 11.9 Å². The number of carbonyl (C=O) groups is 1. The van der Waals surface area contributed by atoms with E-state index < -0.39 is 0 Å². The number of likely N-dealkylation sites (tertiary alicyclic amines) is 1. The van der Waals surface area contributed by atoms with Crippen molar-refractivity contribution in [3.8, 4) is 0 Å². The van der Waals surface area contributed by atoms with Crippen LogP contribution < -0.4 is 5.32 Å². The fraction of sp³-hybridized carbons (Fsp3) is 0.533. The van der Waals surface area contributed by atoms with E-state index in [1.807, 2.05) is 17.0 Å². The molecule has 0 radical (unpaired) electrons. The lowest BCUT2D eigenvalue weighted by Crippen LogP contribution is -2.38. The van der Waals surface area contributed by atoms with Gasteiger partial charge in [0.25, 0.3) is 0 Å². The van der Waals surface area contributed by atoms with E-state index >= 15 is 0 Å². The van der Waals surface area contributed by atoms with Crippen molar-refractivity contribution < 1.29 is 4.79 Å². The van der Waals surface area contributed by atoms with Gasteiger partial charge < -0.3 is 10.2 Å². The summed E-state index contributed by atoms with van der Waals surface area (Å²) in [5, 5.41) is 4.27. The van der Waals surface area contributed by atoms with Crippen molar-refractivity contribution in [1.29, 1.82) is 0 Å². The average molecular weight is 315 g/mol. The molecule has 0 aromatic heterocycles. The lowest BCUT2D eigenvalue weighted by molar-refractivity contribution is -0.131. The third kappa shape index (κ3) is 3.66. The molecule has 1 N–H and O–H groups in total. The second kappa shape index (κ2) is 7.30. The highest BCUT2D eigenvalue weighted by atomic mass is 35.5. The zero-order valence-electron chi connectivity index (χ0n) is 11.7. The molecule has 110 valence electrons. The Bertz CT molecular complexity index is 479. The number of benzene rings is 1. The van der Waals surface area contributed by atoms with Crippen LogP contribution in [0.15, 0.2) is 18.2 Å². The van der Waals surface area contributed by atoms with Crippen LogP contribution in [-0.4, -0.2) is 30.4 Å². The molecule has 5 heteroatoms. The molecule has 1 aromatic carbocycles. The largest absolute Gasteiger partial charge is 0.335 e. The predicted octanol–water partition coefficient (Wildman–Crippen LogP) is 3.66. The van der Waals surface area contributed by atoms with Crippen molar-refractivity contribution in [3.05, 3.63) is 33.8 Å². The van der Waals surface area contributed by atoms with Gasteiger partial charge in [-0.1, -0.05) is 36.2 Å². The zero-order chi connectivity index (χ0) is 14.5. The summed E-state index contributed by atoms with van der Waals surface area (Å²) in [6.45, 7) is 4.19. The minimum Gasteiger partial charge on any atom is -0.335 e. The number of amides is 1. The van der Waals surface area contributed by atoms with Gasteiger partial charge in [0.1, 0.15) is 0 Å². The van der Waals surface area contributed by atoms with Crippen LogP contribution in [0.25, 0.3) is 0 Å². The van der Waals surface area contributed by atoms with Gasteiger partial charge in [0.05, 0.1) is 22.6 Å². The summed E-state index contributed by atoms with van der Waals surface area (Å²) in [5.41, 5.74) is 1.07. The summed E-state index contributed by atoms with van der Waals surface area (Å²) in [6, 6.07) is 5.76. The maximum atomic E-state index is 12.3. The molecule has 1 amide bonds. The molecule has 3 nitrogen and oxygen atoms in total. The van der Waals surface area contributed by atoms with Crippen molar-refractivity contribution in [2.24, 2.45) is 0 Å². The van der Waals surface area contributed by atoms with Gasteiger partial charge in [-0.15, -0.1) is 0 Å². The first-order chi connectivity index (χ1) is 9.63. The Morgan fingerprint density at radius 2 is 2.20 bits per heavy atom. The number of nitrogens with zero attached hydrogens (tertiary/aromatic N) is 1. The molecule has 2 rings (SSSR count). The minimum atomic E-state index is 0.126. The summed E-state index contributed by atoms with van der Waals surface area (Å²) < 4.78 is 0. The molecule has 1 unspecified atom stereocenters. The van der Waals surface area contributed by atoms with E-state index in [1.165, 1.54) is 0 Å². The van der Waals surface area contributed by atoms with Crippen molar-refractivity contribution in [3.63, 3.8) is 0 Å². The summed E-state index contributed by atoms with van der Waals surface area (Å²) in [5.74, 6) is 0.159. The molecular formula is C15H20Cl2N2O. The first kappa shape index (κ1) is 15.6. The highest BCUT2D eigenvalue weighted by molar-refractivity contribution is 6.42. The van der Waals surface area contributed by atoms with Gasteiger partial charge >= 0.3 is 0 Å². The molecular weight excluding hydrogens is 295 g/mol. The summed E-state index contributed by atoms with van der Waals surface area (Å²) in [4.78, 5) is 14.2. The Morgan fingerprint density at radius 3 is 2.90 bits per heavy atom. The number of carbonyl (C=O) groups excluding carboxylic acids is 1. The molecule has 1 aromatic rings. The molecule has 0 aliphatic carbocycles. The van der Waals surface area contributed by atoms with Crippen LogP contribution in [0.5, 0.6) is 0 Å². The van der Waals surface area contributed by atoms with Crippen LogP contribution in [0, 0.1) is 0 Å². The van der Waals surface area contributed by atoms with Crippen LogP contribution >= 0.6 is 23.2 Å². The van der Waals surface area contributed by atoms with E-state index in [1.54, 1.807) is 6.07 Å². The van der Waals surface area contributed by atoms with E-state index in [0.29, 0.717) is 16.6 Å². The summed E-state index contributed by atoms with van der Waals surface area (Å²) >= 11 is 12.0. The molecule has 0 bridgehead atoms. The SMILES string of the molecule is CCCNCC(=O)N1CCCC1c1ccc(Cl)c(Cl)c1. The fourth-order valence-electron chi connectivity index (χ4n) is 2.61. The number of hydrogen-bond acceptors (Lipinski definition) is 2. The smallest absolute Gasteiger partial charge is 0.237 e. The van der Waals surface area contributed by atoms with Gasteiger partial charge in [0, 0.05) is 6.54 Å². The minimum absolute atomic E-state index is 0.126. The van der Waals surface area contributed by atoms with E-state index in [9.17, 15) is 4.79 Å². The Kier molecular flexibility index (Phi) is 5.70. The Hall–Kier alpha value is -0.770. The van der Waals surface area contributed by atoms with Crippen molar-refractivity contribution in [2.45, 2.75) is 32.2 Å². The van der Waals surface area contributed by atoms with E-state index in [4.69, 9.17) is 23.2 Å². The second-order valence-corrected chi connectivity index (χ2v) is 5.91. The first-order valence-electron chi connectivity index (χ1n) is 7.08. The van der Waals surface area contributed by atoms with Crippen molar-refractivity contribution in [1.82, 2.24) is 10.2 Å². The lowest BCUT2D eigenvalue weighted by Gasteiger charge is -2.25. The molecule has 1 aliphatic rings. The molecule has 1 aliphatic heterocycles. The molecule has 0 saturated carbocycles. The highest BCUT2D eigenvalue weighted by Crippen LogP contribution is 2.34. The molecule has 1 atom stereocenters. The quantitative estimate of drug-likeness (QED) is 0.841. The van der Waals surface area contributed by atoms with Crippen LogP contribution in [0.2, 0.25) is 10.0 Å². The number of hydrogen-bond donors (Lipinski definition) is 1. The molecule has 1 heterocycles. The first-order valence-corrected chi connectivity index (χ1v) is 7.84. The van der Waals surface area contributed by atoms with E-state index in [2.05, 4.69) is 12.2 Å². The summed E-state index contributed by atoms with van der Waals surface area (Å²) in [6.07, 6.45) is 3.05. The molecule has 0 spiro atoms. The number of nitrogens with one attached hydrogen (secondary N) is 1. The fourth-order valence-corrected chi connectivity index (χ4v) is 2.91. The molecule has 1 fully saturated rings. The van der Waals surface area contributed by atoms with Gasteiger partial charge in [-0.3, -0.25) is 4.79 Å². The Balaban J connectivity index is 2.06. The van der Waals surface area contributed by atoms with Gasteiger partial charge in [-0.25, -0.2) is 0 Å². The maximum Gasteiger partial charge on any atom is 0.237 e. The number of halogens is 2. The molecule has 1 saturated heterocycles. The maximum absolute atomic E-state index is 12.3. The predicted molar refractivity (Wildman–Crippen MR) is 83.3 cm³/mol. The van der Waals surface area contributed by atoms with Crippen LogP contribution in [0.4, 0.5) is 0 Å². The van der Waals surface area contributed by atoms with Gasteiger partial charge in [-0.05, 0) is 43.5 Å². The Labute approximate surface area is 130 Å². The zero-order valence-corrected chi connectivity index (χ0v) is 13.2. The third-order valence-electron chi connectivity index (χ3n) is 3.60. The van der Waals surface area contributed by atoms with Gasteiger partial charge in [0.2, 0.25) is 5.91 Å². The second-order valence-electron chi connectivity index (χ2n) is 5.10. The average Bonchev–Trinajstić information content (AvgIpc) is 2.91. The van der Waals surface area contributed by atoms with Crippen LogP contribution in [0.3, 0.4) is 0 Å². The topological polar surface area (TPSA) is 32.3 Å². The van der Waals surface area contributed by atoms with Gasteiger partial charge in [0.15, 0.2) is 0 Å². The van der Waals surface area contributed by atoms with Gasteiger partial charge in [-0.2, -0.15) is 0 Å². The van der Waals surface area contributed by atoms with Crippen molar-refractivity contribution in [2.75, 3.05) is 19.6 Å². The lowest BCUT2D eigenvalue weighted by atomic mass is 10.0. The Morgan fingerprint density at radius 1 is 1.40 bits per heavy atom. The van der Waals surface area contributed by atoms with E-state index in [0.717, 1.165) is 37.9 Å². The summed E-state index contributed by atoms with van der Waals surface area (Å²) in [7, 11) is 0.